The second-order valence-electron chi connectivity index (χ2n) is 7.27. The lowest BCUT2D eigenvalue weighted by atomic mass is 9.96. The first-order valence-electron chi connectivity index (χ1n) is 9.60. The van der Waals surface area contributed by atoms with Crippen LogP contribution in [0.3, 0.4) is 0 Å². The standard InChI is InChI=1S/C20H28N2O7S/c1-14-5-6-17(11-15(14)2)30(26,27)22-9-7-16(8-10-22)20(25)21(12-18(23)28-3)13-19(24)29-4/h5-6,11,16H,7-10,12-13H2,1-4H3. The molecule has 9 nitrogen and oxygen atoms in total. The number of amides is 1. The van der Waals surface area contributed by atoms with Crippen molar-refractivity contribution in [1.29, 1.82) is 0 Å². The van der Waals surface area contributed by atoms with E-state index in [-0.39, 0.29) is 31.1 Å². The van der Waals surface area contributed by atoms with Crippen molar-refractivity contribution in [3.05, 3.63) is 29.3 Å². The Hall–Kier alpha value is -2.46. The zero-order chi connectivity index (χ0) is 22.5. The third kappa shape index (κ3) is 5.57. The molecule has 0 unspecified atom stereocenters. The van der Waals surface area contributed by atoms with E-state index in [9.17, 15) is 22.8 Å². The van der Waals surface area contributed by atoms with Crippen molar-refractivity contribution in [3.8, 4) is 0 Å². The van der Waals surface area contributed by atoms with Gasteiger partial charge in [-0.05, 0) is 49.9 Å². The molecule has 2 rings (SSSR count). The molecule has 1 fully saturated rings. The van der Waals surface area contributed by atoms with Gasteiger partial charge in [0.2, 0.25) is 15.9 Å². The second kappa shape index (κ2) is 10.0. The highest BCUT2D eigenvalue weighted by atomic mass is 32.2. The van der Waals surface area contributed by atoms with Gasteiger partial charge in [-0.3, -0.25) is 14.4 Å². The lowest BCUT2D eigenvalue weighted by molar-refractivity contribution is -0.154. The van der Waals surface area contributed by atoms with Crippen LogP contribution in [0.15, 0.2) is 23.1 Å². The van der Waals surface area contributed by atoms with Crippen molar-refractivity contribution in [3.63, 3.8) is 0 Å². The maximum absolute atomic E-state index is 12.9. The van der Waals surface area contributed by atoms with E-state index in [4.69, 9.17) is 0 Å². The third-order valence-electron chi connectivity index (χ3n) is 5.33. The molecule has 0 saturated carbocycles. The largest absolute Gasteiger partial charge is 0.468 e. The number of methoxy groups -OCH3 is 2. The molecule has 0 spiro atoms. The summed E-state index contributed by atoms with van der Waals surface area (Å²) in [4.78, 5) is 37.4. The lowest BCUT2D eigenvalue weighted by Gasteiger charge is -2.33. The summed E-state index contributed by atoms with van der Waals surface area (Å²) >= 11 is 0. The number of piperidine rings is 1. The summed E-state index contributed by atoms with van der Waals surface area (Å²) in [6.45, 7) is 3.39. The molecule has 0 atom stereocenters. The molecule has 1 amide bonds. The fourth-order valence-electron chi connectivity index (χ4n) is 3.28. The Balaban J connectivity index is 2.08. The van der Waals surface area contributed by atoms with Crippen LogP contribution in [-0.2, 0) is 33.9 Å². The van der Waals surface area contributed by atoms with E-state index in [1.165, 1.54) is 18.5 Å². The minimum absolute atomic E-state index is 0.177. The van der Waals surface area contributed by atoms with Crippen LogP contribution < -0.4 is 0 Å². The number of rotatable bonds is 7. The van der Waals surface area contributed by atoms with Crippen molar-refractivity contribution in [2.24, 2.45) is 5.92 Å². The Bertz CT molecular complexity index is 888. The Kier molecular flexibility index (Phi) is 7.96. The second-order valence-corrected chi connectivity index (χ2v) is 9.21. The van der Waals surface area contributed by atoms with Crippen LogP contribution in [-0.4, -0.2) is 75.9 Å². The van der Waals surface area contributed by atoms with Gasteiger partial charge in [0.15, 0.2) is 0 Å². The zero-order valence-corrected chi connectivity index (χ0v) is 18.5. The van der Waals surface area contributed by atoms with Crippen LogP contribution >= 0.6 is 0 Å². The quantitative estimate of drug-likeness (QED) is 0.579. The number of carbonyl (C=O) groups is 3. The van der Waals surface area contributed by atoms with Crippen LogP contribution in [0.4, 0.5) is 0 Å². The van der Waals surface area contributed by atoms with Crippen molar-refractivity contribution in [1.82, 2.24) is 9.21 Å². The van der Waals surface area contributed by atoms with E-state index in [0.717, 1.165) is 16.0 Å². The highest BCUT2D eigenvalue weighted by Gasteiger charge is 2.35. The van der Waals surface area contributed by atoms with E-state index in [1.807, 2.05) is 13.8 Å². The van der Waals surface area contributed by atoms with E-state index in [2.05, 4.69) is 9.47 Å². The SMILES string of the molecule is COC(=O)CN(CC(=O)OC)C(=O)C1CCN(S(=O)(=O)c2ccc(C)c(C)c2)CC1. The molecule has 166 valence electrons. The summed E-state index contributed by atoms with van der Waals surface area (Å²) in [6.07, 6.45) is 0.587. The van der Waals surface area contributed by atoms with Crippen molar-refractivity contribution in [2.75, 3.05) is 40.4 Å². The fourth-order valence-corrected chi connectivity index (χ4v) is 4.83. The summed E-state index contributed by atoms with van der Waals surface area (Å²) in [5, 5.41) is 0. The fraction of sp³-hybridized carbons (Fsp3) is 0.550. The molecule has 10 heteroatoms. The van der Waals surface area contributed by atoms with E-state index >= 15 is 0 Å². The summed E-state index contributed by atoms with van der Waals surface area (Å²) in [5.41, 5.74) is 1.90. The highest BCUT2D eigenvalue weighted by Crippen LogP contribution is 2.26. The number of carbonyl (C=O) groups excluding carboxylic acids is 3. The van der Waals surface area contributed by atoms with Gasteiger partial charge in [0.05, 0.1) is 19.1 Å². The topological polar surface area (TPSA) is 110 Å². The normalized spacial score (nSPS) is 15.5. The first-order valence-corrected chi connectivity index (χ1v) is 11.0. The number of esters is 2. The van der Waals surface area contributed by atoms with Crippen molar-refractivity contribution < 1.29 is 32.3 Å². The molecular formula is C20H28N2O7S. The molecule has 1 aliphatic heterocycles. The molecule has 1 aromatic carbocycles. The average molecular weight is 441 g/mol. The Labute approximate surface area is 177 Å². The molecule has 0 bridgehead atoms. The number of hydrogen-bond donors (Lipinski definition) is 0. The third-order valence-corrected chi connectivity index (χ3v) is 7.22. The Morgan fingerprint density at radius 3 is 2.00 bits per heavy atom. The molecule has 1 heterocycles. The molecular weight excluding hydrogens is 412 g/mol. The van der Waals surface area contributed by atoms with Gasteiger partial charge in [-0.2, -0.15) is 4.31 Å². The monoisotopic (exact) mass is 440 g/mol. The highest BCUT2D eigenvalue weighted by molar-refractivity contribution is 7.89. The molecule has 0 radical (unpaired) electrons. The van der Waals surface area contributed by atoms with Gasteiger partial charge in [-0.1, -0.05) is 6.07 Å². The van der Waals surface area contributed by atoms with Gasteiger partial charge < -0.3 is 14.4 Å². The van der Waals surface area contributed by atoms with Gasteiger partial charge in [0.25, 0.3) is 0 Å². The number of aryl methyl sites for hydroxylation is 2. The van der Waals surface area contributed by atoms with Gasteiger partial charge in [0.1, 0.15) is 13.1 Å². The summed E-state index contributed by atoms with van der Waals surface area (Å²) in [7, 11) is -1.27. The van der Waals surface area contributed by atoms with E-state index in [1.54, 1.807) is 18.2 Å². The first kappa shape index (κ1) is 23.8. The molecule has 0 N–H and O–H groups in total. The van der Waals surface area contributed by atoms with E-state index < -0.39 is 33.8 Å². The number of sulfonamides is 1. The van der Waals surface area contributed by atoms with Crippen LogP contribution in [0, 0.1) is 19.8 Å². The summed E-state index contributed by atoms with van der Waals surface area (Å²) < 4.78 is 36.4. The van der Waals surface area contributed by atoms with Gasteiger partial charge in [-0.15, -0.1) is 0 Å². The molecule has 0 aromatic heterocycles. The van der Waals surface area contributed by atoms with Gasteiger partial charge >= 0.3 is 11.9 Å². The Morgan fingerprint density at radius 2 is 1.53 bits per heavy atom. The Morgan fingerprint density at radius 1 is 1.00 bits per heavy atom. The van der Waals surface area contributed by atoms with Crippen LogP contribution in [0.5, 0.6) is 0 Å². The van der Waals surface area contributed by atoms with Crippen molar-refractivity contribution in [2.45, 2.75) is 31.6 Å². The predicted molar refractivity (Wildman–Crippen MR) is 108 cm³/mol. The lowest BCUT2D eigenvalue weighted by Crippen LogP contribution is -2.47. The minimum atomic E-state index is -3.66. The molecule has 1 aliphatic rings. The maximum atomic E-state index is 12.9. The number of ether oxygens (including phenoxy) is 2. The van der Waals surface area contributed by atoms with Gasteiger partial charge in [-0.25, -0.2) is 8.42 Å². The number of nitrogens with zero attached hydrogens (tertiary/aromatic N) is 2. The van der Waals surface area contributed by atoms with Crippen molar-refractivity contribution >= 4 is 27.9 Å². The molecule has 30 heavy (non-hydrogen) atoms. The van der Waals surface area contributed by atoms with E-state index in [0.29, 0.717) is 12.8 Å². The molecule has 1 aromatic rings. The van der Waals surface area contributed by atoms with Crippen LogP contribution in [0.1, 0.15) is 24.0 Å². The smallest absolute Gasteiger partial charge is 0.325 e. The minimum Gasteiger partial charge on any atom is -0.468 e. The maximum Gasteiger partial charge on any atom is 0.325 e. The summed E-state index contributed by atoms with van der Waals surface area (Å²) in [5.74, 6) is -2.19. The number of benzene rings is 1. The van der Waals surface area contributed by atoms with Gasteiger partial charge in [0, 0.05) is 19.0 Å². The number of hydrogen-bond acceptors (Lipinski definition) is 7. The van der Waals surface area contributed by atoms with Crippen LogP contribution in [0.25, 0.3) is 0 Å². The molecule has 0 aliphatic carbocycles. The summed E-state index contributed by atoms with van der Waals surface area (Å²) in [6, 6.07) is 5.01. The first-order chi connectivity index (χ1) is 14.1. The van der Waals surface area contributed by atoms with Crippen LogP contribution in [0.2, 0.25) is 0 Å². The molecule has 1 saturated heterocycles. The average Bonchev–Trinajstić information content (AvgIpc) is 2.74. The zero-order valence-electron chi connectivity index (χ0n) is 17.7. The predicted octanol–water partition coefficient (Wildman–Crippen LogP) is 0.879.